The Bertz CT molecular complexity index is 973. The molecule has 0 atom stereocenters. The van der Waals surface area contributed by atoms with Gasteiger partial charge in [-0.2, -0.15) is 0 Å². The molecule has 3 aromatic rings. The normalized spacial score (nSPS) is 11.1. The number of halogens is 1. The van der Waals surface area contributed by atoms with E-state index in [0.717, 1.165) is 11.3 Å². The van der Waals surface area contributed by atoms with Crippen LogP contribution in [0, 0.1) is 0 Å². The molecule has 1 amide bonds. The van der Waals surface area contributed by atoms with Crippen molar-refractivity contribution in [1.29, 1.82) is 0 Å². The first-order chi connectivity index (χ1) is 11.9. The van der Waals surface area contributed by atoms with Gasteiger partial charge in [0.25, 0.3) is 5.91 Å². The van der Waals surface area contributed by atoms with Crippen molar-refractivity contribution >= 4 is 40.0 Å². The molecule has 0 bridgehead atoms. The van der Waals surface area contributed by atoms with Gasteiger partial charge < -0.3 is 5.32 Å². The number of carbonyl (C=O) groups is 2. The number of carbonyl (C=O) groups excluding carboxylic acids is 2. The molecule has 0 fully saturated rings. The average Bonchev–Trinajstić information content (AvgIpc) is 2.94. The summed E-state index contributed by atoms with van der Waals surface area (Å²) in [4.78, 5) is 24.8. The molecule has 1 heterocycles. The van der Waals surface area contributed by atoms with E-state index in [1.54, 1.807) is 24.4 Å². The van der Waals surface area contributed by atoms with E-state index in [2.05, 4.69) is 19.2 Å². The number of hydrogen-bond acceptors (Lipinski definition) is 2. The van der Waals surface area contributed by atoms with Crippen molar-refractivity contribution in [3.05, 3.63) is 64.8 Å². The fourth-order valence-electron chi connectivity index (χ4n) is 2.95. The summed E-state index contributed by atoms with van der Waals surface area (Å²) in [6.07, 6.45) is 1.57. The zero-order valence-electron chi connectivity index (χ0n) is 14.3. The summed E-state index contributed by atoms with van der Waals surface area (Å²) in [6.45, 7) is 5.61. The number of amides is 1. The summed E-state index contributed by atoms with van der Waals surface area (Å²) >= 11 is 6.09. The van der Waals surface area contributed by atoms with Crippen molar-refractivity contribution in [2.45, 2.75) is 26.7 Å². The monoisotopic (exact) mass is 354 g/mol. The number of fused-ring (bicyclic) bond motifs is 1. The number of aromatic nitrogens is 1. The van der Waals surface area contributed by atoms with Gasteiger partial charge in [-0.3, -0.25) is 14.2 Å². The Balaban J connectivity index is 2.06. The van der Waals surface area contributed by atoms with E-state index in [9.17, 15) is 9.59 Å². The molecule has 0 aliphatic carbocycles. The van der Waals surface area contributed by atoms with Crippen LogP contribution in [0.4, 0.5) is 5.69 Å². The van der Waals surface area contributed by atoms with Gasteiger partial charge in [-0.1, -0.05) is 43.6 Å². The Morgan fingerprint density at radius 1 is 1.12 bits per heavy atom. The van der Waals surface area contributed by atoms with Crippen LogP contribution in [0.5, 0.6) is 0 Å². The lowest BCUT2D eigenvalue weighted by atomic mass is 10.0. The van der Waals surface area contributed by atoms with Crippen LogP contribution in [0.25, 0.3) is 10.9 Å². The fraction of sp³-hybridized carbons (Fsp3) is 0.200. The summed E-state index contributed by atoms with van der Waals surface area (Å²) in [5, 5.41) is 4.14. The van der Waals surface area contributed by atoms with E-state index in [1.807, 2.05) is 24.3 Å². The second-order valence-corrected chi connectivity index (χ2v) is 6.73. The smallest absolute Gasteiger partial charge is 0.257 e. The highest BCUT2D eigenvalue weighted by Crippen LogP contribution is 2.28. The van der Waals surface area contributed by atoms with Crippen LogP contribution in [-0.2, 0) is 0 Å². The lowest BCUT2D eigenvalue weighted by Crippen LogP contribution is -2.13. The number of benzene rings is 2. The van der Waals surface area contributed by atoms with Crippen LogP contribution in [-0.4, -0.2) is 16.4 Å². The fourth-order valence-corrected chi connectivity index (χ4v) is 3.12. The first kappa shape index (κ1) is 17.2. The van der Waals surface area contributed by atoms with E-state index < -0.39 is 0 Å². The molecule has 0 saturated carbocycles. The van der Waals surface area contributed by atoms with Crippen molar-refractivity contribution in [3.63, 3.8) is 0 Å². The maximum atomic E-state index is 12.9. The molecule has 25 heavy (non-hydrogen) atoms. The largest absolute Gasteiger partial charge is 0.322 e. The summed E-state index contributed by atoms with van der Waals surface area (Å²) in [5.41, 5.74) is 2.92. The Labute approximate surface area is 151 Å². The van der Waals surface area contributed by atoms with E-state index in [1.165, 1.54) is 11.5 Å². The van der Waals surface area contributed by atoms with Crippen LogP contribution in [0.2, 0.25) is 5.02 Å². The molecule has 1 aromatic heterocycles. The van der Waals surface area contributed by atoms with Gasteiger partial charge in [0, 0.05) is 29.2 Å². The molecule has 2 aromatic carbocycles. The number of anilines is 1. The summed E-state index contributed by atoms with van der Waals surface area (Å²) in [7, 11) is 0. The first-order valence-electron chi connectivity index (χ1n) is 8.10. The predicted octanol–water partition coefficient (Wildman–Crippen LogP) is 5.33. The first-order valence-corrected chi connectivity index (χ1v) is 8.48. The number of rotatable bonds is 3. The average molecular weight is 355 g/mol. The Morgan fingerprint density at radius 3 is 2.52 bits per heavy atom. The third kappa shape index (κ3) is 3.30. The molecule has 0 unspecified atom stereocenters. The maximum absolute atomic E-state index is 12.9. The van der Waals surface area contributed by atoms with E-state index >= 15 is 0 Å². The van der Waals surface area contributed by atoms with Crippen LogP contribution in [0.3, 0.4) is 0 Å². The lowest BCUT2D eigenvalue weighted by Gasteiger charge is -2.13. The van der Waals surface area contributed by atoms with Crippen LogP contribution < -0.4 is 5.32 Å². The van der Waals surface area contributed by atoms with Crippen molar-refractivity contribution in [1.82, 2.24) is 4.57 Å². The second kappa shape index (κ2) is 6.73. The minimum atomic E-state index is -0.264. The molecule has 0 radical (unpaired) electrons. The van der Waals surface area contributed by atoms with Crippen molar-refractivity contribution in [2.75, 3.05) is 5.32 Å². The molecular formula is C20H19ClN2O2. The summed E-state index contributed by atoms with van der Waals surface area (Å²) in [5.74, 6) is -0.140. The van der Waals surface area contributed by atoms with Gasteiger partial charge in [-0.15, -0.1) is 0 Å². The van der Waals surface area contributed by atoms with E-state index in [4.69, 9.17) is 11.6 Å². The molecule has 3 rings (SSSR count). The molecule has 128 valence electrons. The van der Waals surface area contributed by atoms with Crippen molar-refractivity contribution in [3.8, 4) is 0 Å². The van der Waals surface area contributed by atoms with Gasteiger partial charge in [0.05, 0.1) is 11.1 Å². The highest BCUT2D eigenvalue weighted by atomic mass is 35.5. The molecule has 0 aliphatic heterocycles. The number of para-hydroxylation sites is 1. The van der Waals surface area contributed by atoms with Gasteiger partial charge in [0.15, 0.2) is 0 Å². The maximum Gasteiger partial charge on any atom is 0.257 e. The molecule has 4 nitrogen and oxygen atoms in total. The van der Waals surface area contributed by atoms with Crippen molar-refractivity contribution < 1.29 is 9.59 Å². The summed E-state index contributed by atoms with van der Waals surface area (Å²) < 4.78 is 1.47. The van der Waals surface area contributed by atoms with E-state index in [-0.39, 0.29) is 17.7 Å². The Kier molecular flexibility index (Phi) is 4.64. The molecule has 0 aliphatic rings. The third-order valence-electron chi connectivity index (χ3n) is 4.18. The van der Waals surface area contributed by atoms with Gasteiger partial charge in [0.2, 0.25) is 5.91 Å². The topological polar surface area (TPSA) is 51.1 Å². The highest BCUT2D eigenvalue weighted by Gasteiger charge is 2.18. The van der Waals surface area contributed by atoms with Gasteiger partial charge in [0.1, 0.15) is 0 Å². The van der Waals surface area contributed by atoms with Crippen LogP contribution in [0.15, 0.2) is 48.7 Å². The number of nitrogens with one attached hydrogen (secondary N) is 1. The number of nitrogens with zero attached hydrogens (tertiary/aromatic N) is 1. The van der Waals surface area contributed by atoms with Crippen LogP contribution >= 0.6 is 11.6 Å². The van der Waals surface area contributed by atoms with Gasteiger partial charge in [-0.05, 0) is 35.7 Å². The highest BCUT2D eigenvalue weighted by molar-refractivity contribution is 6.31. The quantitative estimate of drug-likeness (QED) is 0.691. The standard InChI is InChI=1S/C20H19ClN2O2/c1-12(2)15-6-4-5-7-18(15)22-20(25)17-11-23(13(3)24)19-9-8-14(21)10-16(17)19/h4-12H,1-3H3,(H,22,25). The van der Waals surface area contributed by atoms with Gasteiger partial charge >= 0.3 is 0 Å². The molecular weight excluding hydrogens is 336 g/mol. The zero-order chi connectivity index (χ0) is 18.1. The van der Waals surface area contributed by atoms with E-state index in [0.29, 0.717) is 21.5 Å². The lowest BCUT2D eigenvalue weighted by molar-refractivity contribution is 0.0941. The minimum Gasteiger partial charge on any atom is -0.322 e. The predicted molar refractivity (Wildman–Crippen MR) is 102 cm³/mol. The molecule has 1 N–H and O–H groups in total. The zero-order valence-corrected chi connectivity index (χ0v) is 15.1. The molecule has 5 heteroatoms. The minimum absolute atomic E-state index is 0.158. The van der Waals surface area contributed by atoms with Gasteiger partial charge in [-0.25, -0.2) is 0 Å². The third-order valence-corrected chi connectivity index (χ3v) is 4.42. The Morgan fingerprint density at radius 2 is 1.84 bits per heavy atom. The van der Waals surface area contributed by atoms with Crippen molar-refractivity contribution in [2.24, 2.45) is 0 Å². The SMILES string of the molecule is CC(=O)n1cc(C(=O)Nc2ccccc2C(C)C)c2cc(Cl)ccc21. The Hall–Kier alpha value is -2.59. The molecule has 0 spiro atoms. The second-order valence-electron chi connectivity index (χ2n) is 6.29. The molecule has 0 saturated heterocycles. The number of hydrogen-bond donors (Lipinski definition) is 1. The summed E-state index contributed by atoms with van der Waals surface area (Å²) in [6, 6.07) is 12.9. The van der Waals surface area contributed by atoms with Crippen LogP contribution in [0.1, 0.15) is 47.4 Å².